The van der Waals surface area contributed by atoms with E-state index in [0.29, 0.717) is 12.4 Å². The molecule has 0 radical (unpaired) electrons. The van der Waals surface area contributed by atoms with Gasteiger partial charge < -0.3 is 4.74 Å². The van der Waals surface area contributed by atoms with E-state index >= 15 is 0 Å². The van der Waals surface area contributed by atoms with Crippen LogP contribution in [0.15, 0.2) is 0 Å². The van der Waals surface area contributed by atoms with Crippen molar-refractivity contribution in [3.63, 3.8) is 0 Å². The standard InChI is InChI=1S/C12H24O2/c1-5-9-11(14-8-4)12(13)10(6-2)7-3/h10-11H,5-9H2,1-4H3. The molecule has 0 spiro atoms. The summed E-state index contributed by atoms with van der Waals surface area (Å²) in [6.07, 6.45) is 3.58. The highest BCUT2D eigenvalue weighted by molar-refractivity contribution is 5.85. The van der Waals surface area contributed by atoms with Crippen LogP contribution >= 0.6 is 0 Å². The minimum atomic E-state index is -0.158. The molecular weight excluding hydrogens is 176 g/mol. The van der Waals surface area contributed by atoms with Gasteiger partial charge in [0.05, 0.1) is 0 Å². The van der Waals surface area contributed by atoms with Gasteiger partial charge in [-0.05, 0) is 26.2 Å². The molecule has 0 aromatic rings. The molecule has 1 unspecified atom stereocenters. The van der Waals surface area contributed by atoms with Crippen LogP contribution in [0.2, 0.25) is 0 Å². The van der Waals surface area contributed by atoms with Crippen molar-refractivity contribution in [1.29, 1.82) is 0 Å². The molecule has 0 aliphatic carbocycles. The van der Waals surface area contributed by atoms with Crippen molar-refractivity contribution in [3.05, 3.63) is 0 Å². The van der Waals surface area contributed by atoms with E-state index in [9.17, 15) is 4.79 Å². The normalized spacial score (nSPS) is 13.2. The fraction of sp³-hybridized carbons (Fsp3) is 0.917. The average Bonchev–Trinajstić information content (AvgIpc) is 2.19. The van der Waals surface area contributed by atoms with Crippen LogP contribution in [-0.2, 0) is 9.53 Å². The Kier molecular flexibility index (Phi) is 7.77. The summed E-state index contributed by atoms with van der Waals surface area (Å²) >= 11 is 0. The molecule has 0 aliphatic rings. The van der Waals surface area contributed by atoms with Gasteiger partial charge in [0.2, 0.25) is 0 Å². The highest BCUT2D eigenvalue weighted by Gasteiger charge is 2.23. The molecule has 1 atom stereocenters. The number of hydrogen-bond donors (Lipinski definition) is 0. The van der Waals surface area contributed by atoms with Gasteiger partial charge in [0.25, 0.3) is 0 Å². The summed E-state index contributed by atoms with van der Waals surface area (Å²) in [7, 11) is 0. The maximum absolute atomic E-state index is 12.0. The summed E-state index contributed by atoms with van der Waals surface area (Å²) in [6, 6.07) is 0. The second-order valence-electron chi connectivity index (χ2n) is 3.65. The van der Waals surface area contributed by atoms with Crippen molar-refractivity contribution in [2.45, 2.75) is 59.5 Å². The minimum Gasteiger partial charge on any atom is -0.371 e. The van der Waals surface area contributed by atoms with Gasteiger partial charge in [-0.1, -0.05) is 27.2 Å². The minimum absolute atomic E-state index is 0.158. The Hall–Kier alpha value is -0.370. The van der Waals surface area contributed by atoms with E-state index in [0.717, 1.165) is 25.7 Å². The average molecular weight is 200 g/mol. The third-order valence-corrected chi connectivity index (χ3v) is 2.62. The number of ether oxygens (including phenoxy) is 1. The van der Waals surface area contributed by atoms with Gasteiger partial charge >= 0.3 is 0 Å². The largest absolute Gasteiger partial charge is 0.371 e. The van der Waals surface area contributed by atoms with E-state index in [-0.39, 0.29) is 12.0 Å². The zero-order valence-electron chi connectivity index (χ0n) is 10.0. The molecule has 2 nitrogen and oxygen atoms in total. The highest BCUT2D eigenvalue weighted by atomic mass is 16.5. The van der Waals surface area contributed by atoms with Crippen molar-refractivity contribution >= 4 is 5.78 Å². The van der Waals surface area contributed by atoms with Crippen LogP contribution in [-0.4, -0.2) is 18.5 Å². The smallest absolute Gasteiger partial charge is 0.164 e. The summed E-state index contributed by atoms with van der Waals surface area (Å²) in [5.41, 5.74) is 0. The lowest BCUT2D eigenvalue weighted by Gasteiger charge is -2.20. The summed E-state index contributed by atoms with van der Waals surface area (Å²) in [4.78, 5) is 12.0. The molecule has 0 amide bonds. The molecule has 14 heavy (non-hydrogen) atoms. The Morgan fingerprint density at radius 3 is 2.07 bits per heavy atom. The zero-order chi connectivity index (χ0) is 11.0. The van der Waals surface area contributed by atoms with Gasteiger partial charge in [-0.2, -0.15) is 0 Å². The van der Waals surface area contributed by atoms with E-state index in [1.165, 1.54) is 0 Å². The van der Waals surface area contributed by atoms with Gasteiger partial charge in [0, 0.05) is 12.5 Å². The fourth-order valence-electron chi connectivity index (χ4n) is 1.73. The Morgan fingerprint density at radius 2 is 1.71 bits per heavy atom. The molecule has 0 heterocycles. The monoisotopic (exact) mass is 200 g/mol. The molecular formula is C12H24O2. The van der Waals surface area contributed by atoms with E-state index in [1.807, 2.05) is 6.92 Å². The van der Waals surface area contributed by atoms with Crippen LogP contribution in [0, 0.1) is 5.92 Å². The van der Waals surface area contributed by atoms with Crippen molar-refractivity contribution < 1.29 is 9.53 Å². The molecule has 0 bridgehead atoms. The first-order valence-corrected chi connectivity index (χ1v) is 5.86. The van der Waals surface area contributed by atoms with Crippen LogP contribution in [0.3, 0.4) is 0 Å². The first kappa shape index (κ1) is 13.6. The molecule has 0 aliphatic heterocycles. The lowest BCUT2D eigenvalue weighted by molar-refractivity contribution is -0.135. The number of Topliss-reactive ketones (excluding diaryl/α,β-unsaturated/α-hetero) is 1. The quantitative estimate of drug-likeness (QED) is 0.601. The van der Waals surface area contributed by atoms with Crippen molar-refractivity contribution in [1.82, 2.24) is 0 Å². The Labute approximate surface area is 88.0 Å². The fourth-order valence-corrected chi connectivity index (χ4v) is 1.73. The van der Waals surface area contributed by atoms with E-state index in [1.54, 1.807) is 0 Å². The molecule has 0 N–H and O–H groups in total. The summed E-state index contributed by atoms with van der Waals surface area (Å²) in [5.74, 6) is 0.497. The van der Waals surface area contributed by atoms with Crippen LogP contribution in [0.1, 0.15) is 53.4 Å². The summed E-state index contributed by atoms with van der Waals surface area (Å²) in [5, 5.41) is 0. The van der Waals surface area contributed by atoms with Crippen LogP contribution in [0.25, 0.3) is 0 Å². The van der Waals surface area contributed by atoms with Gasteiger partial charge in [-0.15, -0.1) is 0 Å². The SMILES string of the molecule is CCCC(OCC)C(=O)C(CC)CC. The second-order valence-corrected chi connectivity index (χ2v) is 3.65. The third kappa shape index (κ3) is 4.23. The highest BCUT2D eigenvalue weighted by Crippen LogP contribution is 2.16. The number of ketones is 1. The van der Waals surface area contributed by atoms with E-state index < -0.39 is 0 Å². The molecule has 0 aromatic carbocycles. The predicted octanol–water partition coefficient (Wildman–Crippen LogP) is 3.20. The molecule has 0 fully saturated rings. The topological polar surface area (TPSA) is 26.3 Å². The van der Waals surface area contributed by atoms with Crippen LogP contribution < -0.4 is 0 Å². The molecule has 0 saturated carbocycles. The summed E-state index contributed by atoms with van der Waals surface area (Å²) < 4.78 is 5.48. The first-order valence-electron chi connectivity index (χ1n) is 5.86. The predicted molar refractivity (Wildman–Crippen MR) is 59.4 cm³/mol. The maximum atomic E-state index is 12.0. The molecule has 0 aromatic heterocycles. The van der Waals surface area contributed by atoms with Crippen molar-refractivity contribution in [2.24, 2.45) is 5.92 Å². The molecule has 0 rings (SSSR count). The van der Waals surface area contributed by atoms with E-state index in [2.05, 4.69) is 20.8 Å². The molecule has 84 valence electrons. The summed E-state index contributed by atoms with van der Waals surface area (Å²) in [6.45, 7) is 8.81. The van der Waals surface area contributed by atoms with Crippen molar-refractivity contribution in [2.75, 3.05) is 6.61 Å². The second kappa shape index (κ2) is 7.98. The molecule has 2 heteroatoms. The zero-order valence-corrected chi connectivity index (χ0v) is 10.0. The third-order valence-electron chi connectivity index (χ3n) is 2.62. The van der Waals surface area contributed by atoms with Crippen molar-refractivity contribution in [3.8, 4) is 0 Å². The number of rotatable bonds is 8. The maximum Gasteiger partial charge on any atom is 0.164 e. The lowest BCUT2D eigenvalue weighted by atomic mass is 9.93. The van der Waals surface area contributed by atoms with Crippen LogP contribution in [0.4, 0.5) is 0 Å². The molecule has 0 saturated heterocycles. The lowest BCUT2D eigenvalue weighted by Crippen LogP contribution is -2.30. The van der Waals surface area contributed by atoms with Crippen LogP contribution in [0.5, 0.6) is 0 Å². The van der Waals surface area contributed by atoms with Gasteiger partial charge in [0.1, 0.15) is 6.10 Å². The number of carbonyl (C=O) groups is 1. The Balaban J connectivity index is 4.24. The number of hydrogen-bond acceptors (Lipinski definition) is 2. The Bertz CT molecular complexity index is 144. The first-order chi connectivity index (χ1) is 6.71. The van der Waals surface area contributed by atoms with Gasteiger partial charge in [0.15, 0.2) is 5.78 Å². The van der Waals surface area contributed by atoms with Gasteiger partial charge in [-0.3, -0.25) is 4.79 Å². The van der Waals surface area contributed by atoms with Gasteiger partial charge in [-0.25, -0.2) is 0 Å². The Morgan fingerprint density at radius 1 is 1.14 bits per heavy atom. The number of carbonyl (C=O) groups excluding carboxylic acids is 1. The van der Waals surface area contributed by atoms with E-state index in [4.69, 9.17) is 4.74 Å².